The summed E-state index contributed by atoms with van der Waals surface area (Å²) < 4.78 is 48.4. The quantitative estimate of drug-likeness (QED) is 0.865. The molecule has 0 bridgehead atoms. The fourth-order valence-electron chi connectivity index (χ4n) is 2.32. The van der Waals surface area contributed by atoms with Crippen molar-refractivity contribution < 1.29 is 32.9 Å². The molecule has 0 unspecified atom stereocenters. The highest BCUT2D eigenvalue weighted by atomic mass is 19.4. The Hall–Kier alpha value is -1.45. The zero-order chi connectivity index (χ0) is 17.2. The van der Waals surface area contributed by atoms with E-state index in [0.717, 1.165) is 6.20 Å². The molecule has 0 amide bonds. The number of alkyl halides is 3. The Morgan fingerprint density at radius 1 is 1.35 bits per heavy atom. The van der Waals surface area contributed by atoms with Gasteiger partial charge in [-0.3, -0.25) is 0 Å². The SMILES string of the molecule is CC(C)C[C@H]1OC[C@H](Oc2nccc(C(F)(F)F)n2)[C@@H](O)[C@H]1O. The predicted octanol–water partition coefficient (Wildman–Crippen LogP) is 1.41. The molecule has 130 valence electrons. The van der Waals surface area contributed by atoms with Crippen LogP contribution in [0.5, 0.6) is 6.01 Å². The van der Waals surface area contributed by atoms with Crippen molar-refractivity contribution in [2.45, 2.75) is 50.9 Å². The Labute approximate surface area is 131 Å². The number of aliphatic hydroxyl groups excluding tert-OH is 2. The summed E-state index contributed by atoms with van der Waals surface area (Å²) in [4.78, 5) is 6.85. The van der Waals surface area contributed by atoms with Crippen LogP contribution in [0.1, 0.15) is 26.0 Å². The maximum atomic E-state index is 12.6. The number of halogens is 3. The average Bonchev–Trinajstić information content (AvgIpc) is 2.46. The molecule has 0 saturated carbocycles. The minimum Gasteiger partial charge on any atom is -0.455 e. The third kappa shape index (κ3) is 4.52. The molecule has 9 heteroatoms. The first kappa shape index (κ1) is 17.9. The van der Waals surface area contributed by atoms with Crippen molar-refractivity contribution in [2.24, 2.45) is 5.92 Å². The molecule has 1 aliphatic heterocycles. The van der Waals surface area contributed by atoms with E-state index in [1.54, 1.807) is 0 Å². The highest BCUT2D eigenvalue weighted by molar-refractivity contribution is 5.09. The summed E-state index contributed by atoms with van der Waals surface area (Å²) >= 11 is 0. The second-order valence-electron chi connectivity index (χ2n) is 5.86. The lowest BCUT2D eigenvalue weighted by atomic mass is 9.94. The Bertz CT molecular complexity index is 527. The largest absolute Gasteiger partial charge is 0.455 e. The van der Waals surface area contributed by atoms with Crippen molar-refractivity contribution in [1.29, 1.82) is 0 Å². The van der Waals surface area contributed by atoms with Gasteiger partial charge in [0.05, 0.1) is 12.7 Å². The molecule has 4 atom stereocenters. The normalized spacial score (nSPS) is 28.9. The smallest absolute Gasteiger partial charge is 0.433 e. The van der Waals surface area contributed by atoms with Gasteiger partial charge in [-0.05, 0) is 18.4 Å². The van der Waals surface area contributed by atoms with Crippen molar-refractivity contribution in [3.63, 3.8) is 0 Å². The van der Waals surface area contributed by atoms with Crippen LogP contribution in [0.25, 0.3) is 0 Å². The lowest BCUT2D eigenvalue weighted by Crippen LogP contribution is -2.55. The second-order valence-corrected chi connectivity index (χ2v) is 5.86. The lowest BCUT2D eigenvalue weighted by Gasteiger charge is -2.37. The summed E-state index contributed by atoms with van der Waals surface area (Å²) in [5.41, 5.74) is -1.15. The predicted molar refractivity (Wildman–Crippen MR) is 72.7 cm³/mol. The molecule has 0 aliphatic carbocycles. The lowest BCUT2D eigenvalue weighted by molar-refractivity contribution is -0.185. The van der Waals surface area contributed by atoms with Gasteiger partial charge in [0.25, 0.3) is 0 Å². The molecule has 6 nitrogen and oxygen atoms in total. The summed E-state index contributed by atoms with van der Waals surface area (Å²) in [6.07, 6.45) is -7.24. The number of aromatic nitrogens is 2. The monoisotopic (exact) mass is 336 g/mol. The summed E-state index contributed by atoms with van der Waals surface area (Å²) in [5.74, 6) is 0.256. The fraction of sp³-hybridized carbons (Fsp3) is 0.714. The first-order chi connectivity index (χ1) is 10.7. The van der Waals surface area contributed by atoms with Crippen LogP contribution in [0.3, 0.4) is 0 Å². The molecule has 2 heterocycles. The van der Waals surface area contributed by atoms with Gasteiger partial charge in [0.2, 0.25) is 0 Å². The summed E-state index contributed by atoms with van der Waals surface area (Å²) in [6.45, 7) is 3.82. The number of hydrogen-bond donors (Lipinski definition) is 2. The fourth-order valence-corrected chi connectivity index (χ4v) is 2.32. The molecule has 0 spiro atoms. The Kier molecular flexibility index (Phi) is 5.43. The van der Waals surface area contributed by atoms with Crippen LogP contribution in [-0.4, -0.2) is 51.2 Å². The zero-order valence-corrected chi connectivity index (χ0v) is 12.7. The van der Waals surface area contributed by atoms with Gasteiger partial charge in [-0.15, -0.1) is 0 Å². The van der Waals surface area contributed by atoms with Crippen LogP contribution >= 0.6 is 0 Å². The molecule has 1 saturated heterocycles. The van der Waals surface area contributed by atoms with Gasteiger partial charge in [0, 0.05) is 6.20 Å². The van der Waals surface area contributed by atoms with Crippen molar-refractivity contribution in [3.8, 4) is 6.01 Å². The van der Waals surface area contributed by atoms with Crippen LogP contribution in [0.4, 0.5) is 13.2 Å². The number of ether oxygens (including phenoxy) is 2. The molecule has 0 radical (unpaired) electrons. The van der Waals surface area contributed by atoms with Gasteiger partial charge in [-0.1, -0.05) is 13.8 Å². The van der Waals surface area contributed by atoms with E-state index in [2.05, 4.69) is 9.97 Å². The first-order valence-corrected chi connectivity index (χ1v) is 7.23. The van der Waals surface area contributed by atoms with Crippen LogP contribution in [0, 0.1) is 5.92 Å². The van der Waals surface area contributed by atoms with E-state index in [1.807, 2.05) is 13.8 Å². The van der Waals surface area contributed by atoms with E-state index >= 15 is 0 Å². The van der Waals surface area contributed by atoms with Crippen molar-refractivity contribution in [1.82, 2.24) is 9.97 Å². The minimum absolute atomic E-state index is 0.0742. The first-order valence-electron chi connectivity index (χ1n) is 7.23. The molecule has 2 rings (SSSR count). The highest BCUT2D eigenvalue weighted by Gasteiger charge is 2.40. The van der Waals surface area contributed by atoms with Gasteiger partial charge in [0.15, 0.2) is 11.8 Å². The van der Waals surface area contributed by atoms with Gasteiger partial charge >= 0.3 is 12.2 Å². The third-order valence-electron chi connectivity index (χ3n) is 3.47. The average molecular weight is 336 g/mol. The maximum absolute atomic E-state index is 12.6. The third-order valence-corrected chi connectivity index (χ3v) is 3.47. The van der Waals surface area contributed by atoms with E-state index in [-0.39, 0.29) is 12.5 Å². The number of hydrogen-bond acceptors (Lipinski definition) is 6. The Balaban J connectivity index is 2.04. The van der Waals surface area contributed by atoms with Crippen LogP contribution < -0.4 is 4.74 Å². The van der Waals surface area contributed by atoms with Gasteiger partial charge in [-0.2, -0.15) is 18.2 Å². The van der Waals surface area contributed by atoms with Crippen LogP contribution in [-0.2, 0) is 10.9 Å². The molecule has 23 heavy (non-hydrogen) atoms. The number of aliphatic hydroxyl groups is 2. The van der Waals surface area contributed by atoms with Gasteiger partial charge < -0.3 is 19.7 Å². The van der Waals surface area contributed by atoms with E-state index in [1.165, 1.54) is 0 Å². The highest BCUT2D eigenvalue weighted by Crippen LogP contribution is 2.29. The van der Waals surface area contributed by atoms with Gasteiger partial charge in [-0.25, -0.2) is 4.98 Å². The zero-order valence-electron chi connectivity index (χ0n) is 12.7. The van der Waals surface area contributed by atoms with Crippen molar-refractivity contribution in [2.75, 3.05) is 6.61 Å². The Morgan fingerprint density at radius 2 is 2.04 bits per heavy atom. The van der Waals surface area contributed by atoms with Crippen molar-refractivity contribution >= 4 is 0 Å². The van der Waals surface area contributed by atoms with Crippen molar-refractivity contribution in [3.05, 3.63) is 18.0 Å². The van der Waals surface area contributed by atoms with Crippen LogP contribution in [0.15, 0.2) is 12.3 Å². The molecule has 2 N–H and O–H groups in total. The summed E-state index contributed by atoms with van der Waals surface area (Å²) in [6, 6.07) is 0.191. The summed E-state index contributed by atoms with van der Waals surface area (Å²) in [5, 5.41) is 20.1. The van der Waals surface area contributed by atoms with E-state index in [9.17, 15) is 23.4 Å². The molecule has 1 aromatic heterocycles. The molecule has 1 fully saturated rings. The van der Waals surface area contributed by atoms with E-state index in [4.69, 9.17) is 9.47 Å². The topological polar surface area (TPSA) is 84.7 Å². The van der Waals surface area contributed by atoms with Gasteiger partial charge in [0.1, 0.15) is 12.2 Å². The second kappa shape index (κ2) is 6.98. The van der Waals surface area contributed by atoms with E-state index < -0.39 is 42.3 Å². The Morgan fingerprint density at radius 3 is 2.65 bits per heavy atom. The molecule has 1 aromatic rings. The maximum Gasteiger partial charge on any atom is 0.433 e. The number of nitrogens with zero attached hydrogens (tertiary/aromatic N) is 2. The summed E-state index contributed by atoms with van der Waals surface area (Å²) in [7, 11) is 0. The minimum atomic E-state index is -4.62. The van der Waals surface area contributed by atoms with Crippen LogP contribution in [0.2, 0.25) is 0 Å². The molecule has 1 aliphatic rings. The molecular formula is C14H19F3N2O4. The molecular weight excluding hydrogens is 317 g/mol. The molecule has 0 aromatic carbocycles. The van der Waals surface area contributed by atoms with E-state index in [0.29, 0.717) is 12.5 Å². The standard InChI is InChI=1S/C14H19F3N2O4/c1-7(2)5-8-11(20)12(21)9(6-22-8)23-13-18-4-3-10(19-13)14(15,16)17/h3-4,7-9,11-12,20-21H,5-6H2,1-2H3/t8-,9+,11+,12-/m1/s1. The number of rotatable bonds is 4.